The highest BCUT2D eigenvalue weighted by molar-refractivity contribution is 5.16. The molecule has 6 nitrogen and oxygen atoms in total. The second kappa shape index (κ2) is 2.57. The average molecular weight is 163 g/mol. The monoisotopic (exact) mass is 163 g/mol. The highest BCUT2D eigenvalue weighted by Crippen LogP contribution is 2.04. The van der Waals surface area contributed by atoms with Crippen LogP contribution < -0.4 is 0 Å². The van der Waals surface area contributed by atoms with Crippen molar-refractivity contribution in [3.8, 4) is 11.7 Å². The van der Waals surface area contributed by atoms with Gasteiger partial charge < -0.3 is 5.11 Å². The molecule has 0 aromatic carbocycles. The third-order valence-corrected chi connectivity index (χ3v) is 1.27. The maximum absolute atomic E-state index is 8.89. The third-order valence-electron chi connectivity index (χ3n) is 1.27. The quantitative estimate of drug-likeness (QED) is 0.628. The molecule has 0 saturated heterocycles. The lowest BCUT2D eigenvalue weighted by Crippen LogP contribution is -1.96. The van der Waals surface area contributed by atoms with E-state index in [-0.39, 0.29) is 5.75 Å². The van der Waals surface area contributed by atoms with E-state index in [1.807, 2.05) is 0 Å². The van der Waals surface area contributed by atoms with Crippen LogP contribution in [0.5, 0.6) is 5.75 Å². The average Bonchev–Trinajstić information content (AvgIpc) is 2.58. The van der Waals surface area contributed by atoms with Gasteiger partial charge in [0.15, 0.2) is 5.75 Å². The van der Waals surface area contributed by atoms with Crippen molar-refractivity contribution in [3.63, 3.8) is 0 Å². The number of aromatic hydroxyl groups is 1. The van der Waals surface area contributed by atoms with Crippen LogP contribution in [0.25, 0.3) is 5.95 Å². The van der Waals surface area contributed by atoms with Crippen LogP contribution in [-0.4, -0.2) is 29.8 Å². The van der Waals surface area contributed by atoms with Crippen molar-refractivity contribution in [2.24, 2.45) is 0 Å². The van der Waals surface area contributed by atoms with Gasteiger partial charge in [-0.2, -0.15) is 0 Å². The first-order valence-electron chi connectivity index (χ1n) is 3.22. The predicted molar refractivity (Wildman–Crippen MR) is 38.6 cm³/mol. The summed E-state index contributed by atoms with van der Waals surface area (Å²) in [7, 11) is 0. The molecule has 2 aromatic rings. The minimum Gasteiger partial charge on any atom is -0.505 e. The zero-order chi connectivity index (χ0) is 8.39. The van der Waals surface area contributed by atoms with Gasteiger partial charge in [0.25, 0.3) is 0 Å². The second-order valence-corrected chi connectivity index (χ2v) is 2.11. The van der Waals surface area contributed by atoms with Gasteiger partial charge >= 0.3 is 0 Å². The summed E-state index contributed by atoms with van der Waals surface area (Å²) in [6, 6.07) is 0. The standard InChI is InChI=1S/C6H5N5O/c12-5-1-7-6(8-2-5)11-3-9-10-4-11/h1-4,12H. The third kappa shape index (κ3) is 1.09. The molecule has 0 bridgehead atoms. The number of hydrogen-bond donors (Lipinski definition) is 1. The Bertz CT molecular complexity index is 354. The highest BCUT2D eigenvalue weighted by atomic mass is 16.3. The van der Waals surface area contributed by atoms with Gasteiger partial charge in [-0.15, -0.1) is 10.2 Å². The van der Waals surface area contributed by atoms with Crippen LogP contribution in [0, 0.1) is 0 Å². The van der Waals surface area contributed by atoms with Gasteiger partial charge in [-0.3, -0.25) is 4.57 Å². The van der Waals surface area contributed by atoms with Crippen molar-refractivity contribution in [2.45, 2.75) is 0 Å². The Hall–Kier alpha value is -1.98. The van der Waals surface area contributed by atoms with Crippen LogP contribution in [0.2, 0.25) is 0 Å². The summed E-state index contributed by atoms with van der Waals surface area (Å²) in [4.78, 5) is 7.69. The van der Waals surface area contributed by atoms with Crippen molar-refractivity contribution >= 4 is 0 Å². The van der Waals surface area contributed by atoms with Crippen molar-refractivity contribution in [1.29, 1.82) is 0 Å². The van der Waals surface area contributed by atoms with Crippen molar-refractivity contribution in [2.75, 3.05) is 0 Å². The fourth-order valence-corrected chi connectivity index (χ4v) is 0.752. The molecular formula is C6H5N5O. The zero-order valence-corrected chi connectivity index (χ0v) is 5.99. The molecule has 60 valence electrons. The van der Waals surface area contributed by atoms with Crippen molar-refractivity contribution in [3.05, 3.63) is 25.0 Å². The molecule has 0 saturated carbocycles. The number of rotatable bonds is 1. The van der Waals surface area contributed by atoms with E-state index in [4.69, 9.17) is 5.11 Å². The minimum atomic E-state index is 0.0341. The Morgan fingerprint density at radius 3 is 2.25 bits per heavy atom. The van der Waals surface area contributed by atoms with Crippen LogP contribution in [0.4, 0.5) is 0 Å². The van der Waals surface area contributed by atoms with Gasteiger partial charge in [0.1, 0.15) is 12.7 Å². The van der Waals surface area contributed by atoms with E-state index < -0.39 is 0 Å². The first-order valence-corrected chi connectivity index (χ1v) is 3.22. The van der Waals surface area contributed by atoms with Gasteiger partial charge in [0.2, 0.25) is 5.95 Å². The maximum atomic E-state index is 8.89. The summed E-state index contributed by atoms with van der Waals surface area (Å²) in [6.45, 7) is 0. The summed E-state index contributed by atoms with van der Waals surface area (Å²) in [5, 5.41) is 16.1. The van der Waals surface area contributed by atoms with Crippen LogP contribution in [0.1, 0.15) is 0 Å². The first-order chi connectivity index (χ1) is 5.86. The van der Waals surface area contributed by atoms with Crippen LogP contribution >= 0.6 is 0 Å². The van der Waals surface area contributed by atoms with Gasteiger partial charge in [-0.05, 0) is 0 Å². The summed E-state index contributed by atoms with van der Waals surface area (Å²) in [5.74, 6) is 0.463. The van der Waals surface area contributed by atoms with E-state index in [0.717, 1.165) is 0 Å². The van der Waals surface area contributed by atoms with E-state index in [1.165, 1.54) is 25.0 Å². The van der Waals surface area contributed by atoms with E-state index >= 15 is 0 Å². The Morgan fingerprint density at radius 2 is 1.67 bits per heavy atom. The minimum absolute atomic E-state index is 0.0341. The molecule has 0 unspecified atom stereocenters. The molecule has 12 heavy (non-hydrogen) atoms. The van der Waals surface area contributed by atoms with E-state index in [0.29, 0.717) is 5.95 Å². The Balaban J connectivity index is 2.43. The molecule has 0 atom stereocenters. The summed E-state index contributed by atoms with van der Waals surface area (Å²) < 4.78 is 1.54. The molecular weight excluding hydrogens is 158 g/mol. The SMILES string of the molecule is Oc1cnc(-n2cnnc2)nc1. The second-order valence-electron chi connectivity index (χ2n) is 2.11. The molecule has 1 N–H and O–H groups in total. The van der Waals surface area contributed by atoms with Crippen molar-refractivity contribution in [1.82, 2.24) is 24.7 Å². The normalized spacial score (nSPS) is 10.0. The highest BCUT2D eigenvalue weighted by Gasteiger charge is 1.97. The summed E-state index contributed by atoms with van der Waals surface area (Å²) in [6.07, 6.45) is 5.57. The van der Waals surface area contributed by atoms with E-state index in [9.17, 15) is 0 Å². The van der Waals surface area contributed by atoms with E-state index in [1.54, 1.807) is 4.57 Å². The van der Waals surface area contributed by atoms with E-state index in [2.05, 4.69) is 20.2 Å². The zero-order valence-electron chi connectivity index (χ0n) is 5.99. The van der Waals surface area contributed by atoms with Crippen molar-refractivity contribution < 1.29 is 5.11 Å². The number of aromatic nitrogens is 5. The molecule has 0 radical (unpaired) electrons. The Kier molecular flexibility index (Phi) is 1.44. The largest absolute Gasteiger partial charge is 0.505 e. The van der Waals surface area contributed by atoms with Gasteiger partial charge in [-0.25, -0.2) is 9.97 Å². The number of nitrogens with zero attached hydrogens (tertiary/aromatic N) is 5. The first kappa shape index (κ1) is 6.71. The van der Waals surface area contributed by atoms with Gasteiger partial charge in [0, 0.05) is 0 Å². The molecule has 2 heterocycles. The predicted octanol–water partition coefficient (Wildman–Crippen LogP) is -0.237. The number of hydrogen-bond acceptors (Lipinski definition) is 5. The Labute approximate surface area is 67.5 Å². The maximum Gasteiger partial charge on any atom is 0.236 e. The Morgan fingerprint density at radius 1 is 1.08 bits per heavy atom. The summed E-state index contributed by atoms with van der Waals surface area (Å²) in [5.41, 5.74) is 0. The fraction of sp³-hybridized carbons (Fsp3) is 0. The van der Waals surface area contributed by atoms with Crippen LogP contribution in [0.15, 0.2) is 25.0 Å². The lowest BCUT2D eigenvalue weighted by Gasteiger charge is -1.96. The molecule has 0 aliphatic rings. The van der Waals surface area contributed by atoms with Gasteiger partial charge in [-0.1, -0.05) is 0 Å². The van der Waals surface area contributed by atoms with Gasteiger partial charge in [0.05, 0.1) is 12.4 Å². The fourth-order valence-electron chi connectivity index (χ4n) is 0.752. The lowest BCUT2D eigenvalue weighted by atomic mass is 10.6. The molecule has 0 aliphatic carbocycles. The molecule has 2 rings (SSSR count). The molecule has 0 aliphatic heterocycles. The topological polar surface area (TPSA) is 76.7 Å². The smallest absolute Gasteiger partial charge is 0.236 e. The lowest BCUT2D eigenvalue weighted by molar-refractivity contribution is 0.469. The molecule has 0 spiro atoms. The van der Waals surface area contributed by atoms with Crippen LogP contribution in [-0.2, 0) is 0 Å². The molecule has 0 amide bonds. The van der Waals surface area contributed by atoms with Crippen LogP contribution in [0.3, 0.4) is 0 Å². The summed E-state index contributed by atoms with van der Waals surface area (Å²) >= 11 is 0. The molecule has 0 fully saturated rings. The molecule has 2 aromatic heterocycles. The molecule has 6 heteroatoms.